The van der Waals surface area contributed by atoms with Crippen LogP contribution in [-0.4, -0.2) is 46.8 Å². The Labute approximate surface area is 159 Å². The van der Waals surface area contributed by atoms with Crippen molar-refractivity contribution in [2.24, 2.45) is 5.14 Å². The quantitative estimate of drug-likeness (QED) is 0.672. The minimum atomic E-state index is -3.73. The topological polar surface area (TPSA) is 97.5 Å². The lowest BCUT2D eigenvalue weighted by molar-refractivity contribution is 0.284. The van der Waals surface area contributed by atoms with Gasteiger partial charge in [-0.05, 0) is 41.8 Å². The fraction of sp³-hybridized carbons (Fsp3) is 0.333. The van der Waals surface area contributed by atoms with Crippen molar-refractivity contribution in [2.45, 2.75) is 17.9 Å². The summed E-state index contributed by atoms with van der Waals surface area (Å²) in [5.41, 5.74) is 1.79. The maximum atomic E-state index is 13.1. The summed E-state index contributed by atoms with van der Waals surface area (Å²) >= 11 is 0. The monoisotopic (exact) mass is 414 g/mol. The minimum Gasteiger partial charge on any atom is -0.298 e. The Morgan fingerprint density at radius 2 is 1.44 bits per heavy atom. The molecule has 27 heavy (non-hydrogen) atoms. The summed E-state index contributed by atoms with van der Waals surface area (Å²) in [6.07, 6.45) is 1.80. The number of primary sulfonamides is 1. The summed E-state index contributed by atoms with van der Waals surface area (Å²) in [4.78, 5) is 2.02. The first kappa shape index (κ1) is 21.5. The molecule has 0 aliphatic carbocycles. The van der Waals surface area contributed by atoms with Crippen LogP contribution in [0, 0.1) is 5.82 Å². The highest BCUT2D eigenvalue weighted by atomic mass is 32.2. The van der Waals surface area contributed by atoms with Gasteiger partial charge in [-0.15, -0.1) is 0 Å². The number of halogens is 1. The van der Waals surface area contributed by atoms with Gasteiger partial charge < -0.3 is 0 Å². The summed E-state index contributed by atoms with van der Waals surface area (Å²) in [5, 5.41) is 5.09. The lowest BCUT2D eigenvalue weighted by Gasteiger charge is -2.22. The molecule has 0 saturated heterocycles. The molecule has 0 aliphatic rings. The molecular formula is C18H23FN2O4S2. The van der Waals surface area contributed by atoms with Gasteiger partial charge in [-0.1, -0.05) is 24.3 Å². The zero-order valence-electron chi connectivity index (χ0n) is 15.0. The molecule has 2 aromatic rings. The van der Waals surface area contributed by atoms with Gasteiger partial charge in [-0.2, -0.15) is 0 Å². The van der Waals surface area contributed by atoms with Gasteiger partial charge in [-0.25, -0.2) is 26.4 Å². The van der Waals surface area contributed by atoms with Crippen LogP contribution >= 0.6 is 0 Å². The van der Waals surface area contributed by atoms with Crippen LogP contribution in [0.1, 0.15) is 11.1 Å². The van der Waals surface area contributed by atoms with E-state index in [2.05, 4.69) is 0 Å². The van der Waals surface area contributed by atoms with Crippen molar-refractivity contribution >= 4 is 19.9 Å². The molecule has 0 saturated carbocycles. The highest BCUT2D eigenvalue weighted by molar-refractivity contribution is 7.90. The molecule has 0 spiro atoms. The third-order valence-corrected chi connectivity index (χ3v) is 5.92. The van der Waals surface area contributed by atoms with Crippen LogP contribution in [0.3, 0.4) is 0 Å². The first-order valence-electron chi connectivity index (χ1n) is 8.29. The molecule has 0 radical (unpaired) electrons. The van der Waals surface area contributed by atoms with Crippen molar-refractivity contribution in [1.29, 1.82) is 0 Å². The summed E-state index contributed by atoms with van der Waals surface area (Å²) in [5.74, 6) is -0.296. The van der Waals surface area contributed by atoms with E-state index in [9.17, 15) is 21.2 Å². The maximum Gasteiger partial charge on any atom is 0.238 e. The highest BCUT2D eigenvalue weighted by Crippen LogP contribution is 2.12. The molecule has 0 aromatic heterocycles. The smallest absolute Gasteiger partial charge is 0.238 e. The number of benzene rings is 2. The average molecular weight is 415 g/mol. The molecular weight excluding hydrogens is 391 g/mol. The summed E-state index contributed by atoms with van der Waals surface area (Å²) in [6, 6.07) is 12.4. The molecule has 0 amide bonds. The molecule has 0 aliphatic heterocycles. The second-order valence-corrected chi connectivity index (χ2v) is 10.3. The zero-order chi connectivity index (χ0) is 20.1. The van der Waals surface area contributed by atoms with Gasteiger partial charge >= 0.3 is 0 Å². The van der Waals surface area contributed by atoms with Crippen molar-refractivity contribution < 1.29 is 21.2 Å². The normalized spacial score (nSPS) is 12.4. The van der Waals surface area contributed by atoms with Gasteiger partial charge in [0.2, 0.25) is 10.0 Å². The van der Waals surface area contributed by atoms with Crippen molar-refractivity contribution in [2.75, 3.05) is 25.1 Å². The SMILES string of the molecule is CS(=O)(=O)CCN(CCc1ccc(S(N)(=O)=O)cc1)Cc1ccc(F)cc1. The molecule has 9 heteroatoms. The van der Waals surface area contributed by atoms with Gasteiger partial charge in [0.05, 0.1) is 10.6 Å². The van der Waals surface area contributed by atoms with Crippen LogP contribution in [-0.2, 0) is 32.8 Å². The maximum absolute atomic E-state index is 13.1. The predicted molar refractivity (Wildman–Crippen MR) is 103 cm³/mol. The third-order valence-electron chi connectivity index (χ3n) is 4.07. The van der Waals surface area contributed by atoms with Crippen LogP contribution in [0.5, 0.6) is 0 Å². The van der Waals surface area contributed by atoms with Crippen LogP contribution < -0.4 is 5.14 Å². The second kappa shape index (κ2) is 8.92. The molecule has 6 nitrogen and oxygen atoms in total. The van der Waals surface area contributed by atoms with E-state index in [0.717, 1.165) is 11.1 Å². The number of sulfone groups is 1. The lowest BCUT2D eigenvalue weighted by atomic mass is 10.1. The van der Waals surface area contributed by atoms with E-state index >= 15 is 0 Å². The van der Waals surface area contributed by atoms with Crippen LogP contribution in [0.15, 0.2) is 53.4 Å². The Morgan fingerprint density at radius 1 is 0.889 bits per heavy atom. The Kier molecular flexibility index (Phi) is 7.10. The number of nitrogens with two attached hydrogens (primary N) is 1. The van der Waals surface area contributed by atoms with E-state index < -0.39 is 19.9 Å². The van der Waals surface area contributed by atoms with Crippen LogP contribution in [0.25, 0.3) is 0 Å². The molecule has 0 unspecified atom stereocenters. The Balaban J connectivity index is 2.05. The number of nitrogens with zero attached hydrogens (tertiary/aromatic N) is 1. The molecule has 0 atom stereocenters. The number of sulfonamides is 1. The molecule has 2 N–H and O–H groups in total. The van der Waals surface area contributed by atoms with Crippen molar-refractivity contribution in [3.05, 3.63) is 65.5 Å². The van der Waals surface area contributed by atoms with Gasteiger partial charge in [0.1, 0.15) is 15.7 Å². The fourth-order valence-corrected chi connectivity index (χ4v) is 3.65. The molecule has 2 aromatic carbocycles. The van der Waals surface area contributed by atoms with E-state index in [1.54, 1.807) is 24.3 Å². The largest absolute Gasteiger partial charge is 0.298 e. The average Bonchev–Trinajstić information content (AvgIpc) is 2.58. The standard InChI is InChI=1S/C18H23FN2O4S2/c1-26(22,23)13-12-21(14-16-2-6-17(19)7-3-16)11-10-15-4-8-18(9-5-15)27(20,24)25/h2-9H,10-14H2,1H3,(H2,20,24,25). The Morgan fingerprint density at radius 3 is 1.96 bits per heavy atom. The molecule has 148 valence electrons. The number of rotatable bonds is 9. The number of hydrogen-bond donors (Lipinski definition) is 1. The second-order valence-electron chi connectivity index (χ2n) is 6.47. The minimum absolute atomic E-state index is 0.0263. The summed E-state index contributed by atoms with van der Waals surface area (Å²) in [6.45, 7) is 1.41. The van der Waals surface area contributed by atoms with E-state index in [4.69, 9.17) is 5.14 Å². The van der Waals surface area contributed by atoms with Crippen LogP contribution in [0.4, 0.5) is 4.39 Å². The third kappa shape index (κ3) is 7.76. The lowest BCUT2D eigenvalue weighted by Crippen LogP contribution is -2.30. The van der Waals surface area contributed by atoms with Gasteiger partial charge in [-0.3, -0.25) is 4.90 Å². The predicted octanol–water partition coefficient (Wildman–Crippen LogP) is 1.56. The zero-order valence-corrected chi connectivity index (χ0v) is 16.6. The summed E-state index contributed by atoms with van der Waals surface area (Å²) in [7, 11) is -6.83. The molecule has 0 heterocycles. The van der Waals surface area contributed by atoms with Gasteiger partial charge in [0, 0.05) is 25.9 Å². The van der Waals surface area contributed by atoms with E-state index in [1.165, 1.54) is 30.5 Å². The van der Waals surface area contributed by atoms with Gasteiger partial charge in [0.25, 0.3) is 0 Å². The fourth-order valence-electron chi connectivity index (χ4n) is 2.55. The highest BCUT2D eigenvalue weighted by Gasteiger charge is 2.12. The molecule has 0 fully saturated rings. The van der Waals surface area contributed by atoms with Crippen LogP contribution in [0.2, 0.25) is 0 Å². The van der Waals surface area contributed by atoms with Crippen molar-refractivity contribution in [3.8, 4) is 0 Å². The Bertz CT molecular complexity index is 957. The summed E-state index contributed by atoms with van der Waals surface area (Å²) < 4.78 is 58.7. The van der Waals surface area contributed by atoms with Crippen molar-refractivity contribution in [1.82, 2.24) is 4.90 Å². The first-order chi connectivity index (χ1) is 12.5. The molecule has 0 bridgehead atoms. The van der Waals surface area contributed by atoms with E-state index in [0.29, 0.717) is 26.1 Å². The molecule has 2 rings (SSSR count). The van der Waals surface area contributed by atoms with Gasteiger partial charge in [0.15, 0.2) is 0 Å². The van der Waals surface area contributed by atoms with E-state index in [1.807, 2.05) is 4.90 Å². The number of hydrogen-bond acceptors (Lipinski definition) is 5. The first-order valence-corrected chi connectivity index (χ1v) is 11.9. The van der Waals surface area contributed by atoms with Crippen molar-refractivity contribution in [3.63, 3.8) is 0 Å². The van der Waals surface area contributed by atoms with E-state index in [-0.39, 0.29) is 16.5 Å². The Hall–Kier alpha value is -1.81.